The van der Waals surface area contributed by atoms with Crippen LogP contribution in [0.2, 0.25) is 0 Å². The molecule has 1 aromatic rings. The maximum absolute atomic E-state index is 12.6. The van der Waals surface area contributed by atoms with Gasteiger partial charge in [-0.2, -0.15) is 18.4 Å². The first-order valence-corrected chi connectivity index (χ1v) is 6.37. The summed E-state index contributed by atoms with van der Waals surface area (Å²) in [5.74, 6) is 0.0869. The number of alkyl halides is 3. The average molecular weight is 284 g/mol. The Labute approximate surface area is 115 Å². The molecule has 2 atom stereocenters. The van der Waals surface area contributed by atoms with Crippen LogP contribution in [0.1, 0.15) is 24.5 Å². The molecule has 0 saturated carbocycles. The van der Waals surface area contributed by atoms with Gasteiger partial charge in [0.05, 0.1) is 22.9 Å². The molecule has 2 rings (SSSR count). The van der Waals surface area contributed by atoms with Gasteiger partial charge in [-0.1, -0.05) is 0 Å². The van der Waals surface area contributed by atoms with Gasteiger partial charge in [0.1, 0.15) is 6.07 Å². The number of hydrogen-bond acceptors (Lipinski definition) is 3. The first-order valence-electron chi connectivity index (χ1n) is 6.37. The predicted octanol–water partition coefficient (Wildman–Crippen LogP) is 2.78. The Morgan fingerprint density at radius 2 is 2.15 bits per heavy atom. The van der Waals surface area contributed by atoms with Crippen LogP contribution in [-0.2, 0) is 6.18 Å². The summed E-state index contributed by atoms with van der Waals surface area (Å²) < 4.78 is 37.9. The highest BCUT2D eigenvalue weighted by Gasteiger charge is 2.32. The number of nitrogens with zero attached hydrogens (tertiary/aromatic N) is 2. The Hall–Kier alpha value is -1.74. The molecule has 3 nitrogen and oxygen atoms in total. The van der Waals surface area contributed by atoms with Crippen LogP contribution in [-0.4, -0.2) is 24.3 Å². The Morgan fingerprint density at radius 3 is 2.65 bits per heavy atom. The van der Waals surface area contributed by atoms with E-state index in [4.69, 9.17) is 5.26 Å². The van der Waals surface area contributed by atoms with Crippen LogP contribution in [0.3, 0.4) is 0 Å². The number of anilines is 1. The Kier molecular flexibility index (Phi) is 3.91. The highest BCUT2D eigenvalue weighted by atomic mass is 19.4. The molecule has 2 unspecified atom stereocenters. The van der Waals surface area contributed by atoms with E-state index < -0.39 is 17.8 Å². The minimum atomic E-state index is -4.45. The lowest BCUT2D eigenvalue weighted by Gasteiger charge is -2.21. The molecular weight excluding hydrogens is 269 g/mol. The molecule has 0 bridgehead atoms. The minimum absolute atomic E-state index is 0.0195. The van der Waals surface area contributed by atoms with E-state index in [0.717, 1.165) is 18.6 Å². The third-order valence-electron chi connectivity index (χ3n) is 3.69. The molecule has 1 fully saturated rings. The number of aliphatic hydroxyl groups is 1. The summed E-state index contributed by atoms with van der Waals surface area (Å²) in [4.78, 5) is 1.86. The van der Waals surface area contributed by atoms with Gasteiger partial charge in [-0.3, -0.25) is 0 Å². The second-order valence-electron chi connectivity index (χ2n) is 5.08. The third kappa shape index (κ3) is 2.88. The molecule has 0 spiro atoms. The van der Waals surface area contributed by atoms with Gasteiger partial charge in [0, 0.05) is 19.0 Å². The van der Waals surface area contributed by atoms with Gasteiger partial charge >= 0.3 is 6.18 Å². The fourth-order valence-electron chi connectivity index (χ4n) is 2.48. The average Bonchev–Trinajstić information content (AvgIpc) is 2.86. The van der Waals surface area contributed by atoms with E-state index in [1.165, 1.54) is 6.07 Å². The van der Waals surface area contributed by atoms with Crippen LogP contribution in [0.15, 0.2) is 18.2 Å². The highest BCUT2D eigenvalue weighted by molar-refractivity contribution is 5.61. The van der Waals surface area contributed by atoms with Crippen molar-refractivity contribution in [1.29, 1.82) is 5.26 Å². The van der Waals surface area contributed by atoms with E-state index in [0.29, 0.717) is 18.8 Å². The van der Waals surface area contributed by atoms with Crippen LogP contribution in [0, 0.1) is 17.2 Å². The summed E-state index contributed by atoms with van der Waals surface area (Å²) in [5.41, 5.74) is -0.293. The summed E-state index contributed by atoms with van der Waals surface area (Å²) >= 11 is 0. The van der Waals surface area contributed by atoms with E-state index in [1.54, 1.807) is 6.92 Å². The second kappa shape index (κ2) is 5.33. The summed E-state index contributed by atoms with van der Waals surface area (Å²) in [5, 5.41) is 18.6. The van der Waals surface area contributed by atoms with Gasteiger partial charge in [-0.05, 0) is 31.5 Å². The van der Waals surface area contributed by atoms with Gasteiger partial charge in [-0.25, -0.2) is 0 Å². The van der Waals surface area contributed by atoms with Gasteiger partial charge in [-0.15, -0.1) is 0 Å². The molecule has 1 heterocycles. The minimum Gasteiger partial charge on any atom is -0.393 e. The molecular formula is C14H15F3N2O. The van der Waals surface area contributed by atoms with Gasteiger partial charge in [0.25, 0.3) is 0 Å². The monoisotopic (exact) mass is 284 g/mol. The van der Waals surface area contributed by atoms with Crippen molar-refractivity contribution in [3.05, 3.63) is 29.3 Å². The van der Waals surface area contributed by atoms with Crippen molar-refractivity contribution in [2.24, 2.45) is 5.92 Å². The molecule has 0 amide bonds. The van der Waals surface area contributed by atoms with Crippen molar-refractivity contribution in [2.75, 3.05) is 18.0 Å². The van der Waals surface area contributed by atoms with Crippen molar-refractivity contribution >= 4 is 5.69 Å². The lowest BCUT2D eigenvalue weighted by atomic mass is 10.0. The van der Waals surface area contributed by atoms with Crippen molar-refractivity contribution in [1.82, 2.24) is 0 Å². The topological polar surface area (TPSA) is 47.3 Å². The summed E-state index contributed by atoms with van der Waals surface area (Å²) in [6.07, 6.45) is -4.14. The standard InChI is InChI=1S/C14H15F3N2O/c1-9(20)10-4-5-19(8-10)13-3-2-12(14(15,16)17)6-11(13)7-18/h2-3,6,9-10,20H,4-5,8H2,1H3. The molecule has 1 N–H and O–H groups in total. The smallest absolute Gasteiger partial charge is 0.393 e. The number of rotatable bonds is 2. The van der Waals surface area contributed by atoms with Crippen LogP contribution >= 0.6 is 0 Å². The Bertz CT molecular complexity index is 534. The van der Waals surface area contributed by atoms with Crippen LogP contribution in [0.25, 0.3) is 0 Å². The van der Waals surface area contributed by atoms with Crippen molar-refractivity contribution in [2.45, 2.75) is 25.6 Å². The molecule has 0 radical (unpaired) electrons. The quantitative estimate of drug-likeness (QED) is 0.908. The van der Waals surface area contributed by atoms with E-state index in [2.05, 4.69) is 0 Å². The number of aliphatic hydroxyl groups excluding tert-OH is 1. The highest BCUT2D eigenvalue weighted by Crippen LogP contribution is 2.34. The van der Waals surface area contributed by atoms with E-state index in [9.17, 15) is 18.3 Å². The fraction of sp³-hybridized carbons (Fsp3) is 0.500. The lowest BCUT2D eigenvalue weighted by molar-refractivity contribution is -0.137. The first kappa shape index (κ1) is 14.7. The van der Waals surface area contributed by atoms with Crippen LogP contribution in [0.5, 0.6) is 0 Å². The molecule has 20 heavy (non-hydrogen) atoms. The SMILES string of the molecule is CC(O)C1CCN(c2ccc(C(F)(F)F)cc2C#N)C1. The zero-order valence-corrected chi connectivity index (χ0v) is 11.0. The van der Waals surface area contributed by atoms with Crippen molar-refractivity contribution in [3.8, 4) is 6.07 Å². The zero-order chi connectivity index (χ0) is 14.9. The third-order valence-corrected chi connectivity index (χ3v) is 3.69. The summed E-state index contributed by atoms with van der Waals surface area (Å²) in [6.45, 7) is 2.89. The van der Waals surface area contributed by atoms with E-state index in [1.807, 2.05) is 11.0 Å². The van der Waals surface area contributed by atoms with Crippen molar-refractivity contribution < 1.29 is 18.3 Å². The number of halogens is 3. The molecule has 0 aliphatic carbocycles. The maximum atomic E-state index is 12.6. The molecule has 108 valence electrons. The normalized spacial score (nSPS) is 20.8. The lowest BCUT2D eigenvalue weighted by Crippen LogP contribution is -2.24. The summed E-state index contributed by atoms with van der Waals surface area (Å²) in [7, 11) is 0. The first-order chi connectivity index (χ1) is 9.32. The van der Waals surface area contributed by atoms with Gasteiger partial charge in [0.15, 0.2) is 0 Å². The summed E-state index contributed by atoms with van der Waals surface area (Å²) in [6, 6.07) is 5.04. The van der Waals surface area contributed by atoms with Crippen LogP contribution in [0.4, 0.5) is 18.9 Å². The molecule has 0 aromatic heterocycles. The predicted molar refractivity (Wildman–Crippen MR) is 68.2 cm³/mol. The molecule has 6 heteroatoms. The molecule has 1 aliphatic rings. The maximum Gasteiger partial charge on any atom is 0.416 e. The number of benzene rings is 1. The van der Waals surface area contributed by atoms with Gasteiger partial charge < -0.3 is 10.0 Å². The Morgan fingerprint density at radius 1 is 1.45 bits per heavy atom. The molecule has 1 aromatic carbocycles. The fourth-order valence-corrected chi connectivity index (χ4v) is 2.48. The zero-order valence-electron chi connectivity index (χ0n) is 11.0. The second-order valence-corrected chi connectivity index (χ2v) is 5.08. The van der Waals surface area contributed by atoms with E-state index >= 15 is 0 Å². The van der Waals surface area contributed by atoms with E-state index in [-0.39, 0.29) is 11.5 Å². The number of hydrogen-bond donors (Lipinski definition) is 1. The van der Waals surface area contributed by atoms with Crippen LogP contribution < -0.4 is 4.90 Å². The Balaban J connectivity index is 2.28. The molecule has 1 aliphatic heterocycles. The van der Waals surface area contributed by atoms with Gasteiger partial charge in [0.2, 0.25) is 0 Å². The largest absolute Gasteiger partial charge is 0.416 e. The molecule has 1 saturated heterocycles. The number of nitriles is 1. The van der Waals surface area contributed by atoms with Crippen molar-refractivity contribution in [3.63, 3.8) is 0 Å².